The van der Waals surface area contributed by atoms with Gasteiger partial charge in [0.2, 0.25) is 5.78 Å². The molecule has 4 heteroatoms. The van der Waals surface area contributed by atoms with Crippen molar-refractivity contribution in [3.63, 3.8) is 0 Å². The molecule has 3 rings (SSSR count). The van der Waals surface area contributed by atoms with E-state index in [-0.39, 0.29) is 35.8 Å². The molecule has 1 heterocycles. The summed E-state index contributed by atoms with van der Waals surface area (Å²) in [7, 11) is 0. The molecule has 0 aromatic heterocycles. The van der Waals surface area contributed by atoms with E-state index in [1.807, 2.05) is 13.0 Å². The molecule has 0 aromatic carbocycles. The summed E-state index contributed by atoms with van der Waals surface area (Å²) in [4.78, 5) is 26.0. The van der Waals surface area contributed by atoms with Crippen LogP contribution in [0.25, 0.3) is 0 Å². The van der Waals surface area contributed by atoms with Gasteiger partial charge in [0.05, 0.1) is 11.3 Å². The van der Waals surface area contributed by atoms with Crippen molar-refractivity contribution in [3.8, 4) is 0 Å². The molecule has 3 aliphatic rings. The van der Waals surface area contributed by atoms with Gasteiger partial charge in [-0.25, -0.2) is 0 Å². The van der Waals surface area contributed by atoms with Gasteiger partial charge in [0.1, 0.15) is 13.2 Å². The minimum Gasteiger partial charge on any atom is -0.495 e. The fraction of sp³-hybridized carbons (Fsp3) is 0.545. The fourth-order valence-electron chi connectivity index (χ4n) is 4.04. The highest BCUT2D eigenvalue weighted by Crippen LogP contribution is 2.41. The molecule has 2 bridgehead atoms. The second kappa shape index (κ2) is 8.07. The quantitative estimate of drug-likeness (QED) is 0.415. The topological polar surface area (TPSA) is 52.6 Å². The second-order valence-electron chi connectivity index (χ2n) is 7.41. The van der Waals surface area contributed by atoms with E-state index < -0.39 is 0 Å². The summed E-state index contributed by atoms with van der Waals surface area (Å²) in [6.07, 6.45) is 8.91. The average Bonchev–Trinajstić information content (AvgIpc) is 2.68. The van der Waals surface area contributed by atoms with Crippen LogP contribution in [0, 0.1) is 11.8 Å². The zero-order valence-corrected chi connectivity index (χ0v) is 15.8. The van der Waals surface area contributed by atoms with Gasteiger partial charge >= 0.3 is 0 Å². The molecule has 0 radical (unpaired) electrons. The van der Waals surface area contributed by atoms with Gasteiger partial charge in [-0.2, -0.15) is 0 Å². The maximum absolute atomic E-state index is 13.0. The highest BCUT2D eigenvalue weighted by Gasteiger charge is 2.39. The highest BCUT2D eigenvalue weighted by molar-refractivity contribution is 6.22. The minimum atomic E-state index is -0.200. The van der Waals surface area contributed by atoms with Crippen LogP contribution in [0.4, 0.5) is 0 Å². The Labute approximate surface area is 155 Å². The first-order valence-corrected chi connectivity index (χ1v) is 9.68. The van der Waals surface area contributed by atoms with E-state index in [9.17, 15) is 9.59 Å². The first kappa shape index (κ1) is 18.7. The Balaban J connectivity index is 1.98. The van der Waals surface area contributed by atoms with E-state index in [1.165, 1.54) is 6.08 Å². The Morgan fingerprint density at radius 1 is 1.23 bits per heavy atom. The van der Waals surface area contributed by atoms with Crippen molar-refractivity contribution in [2.24, 2.45) is 11.8 Å². The SMILES string of the molecule is C=C(C)[C@@H]1CCC2=CC1C1=C(OCCO2)C(=O)C(CCCCC)=CC1=O. The molecule has 0 saturated carbocycles. The van der Waals surface area contributed by atoms with Crippen molar-refractivity contribution in [2.75, 3.05) is 13.2 Å². The molecule has 4 nitrogen and oxygen atoms in total. The number of allylic oxidation sites excluding steroid dienone is 6. The zero-order valence-electron chi connectivity index (χ0n) is 15.8. The number of ketones is 2. The molecule has 0 fully saturated rings. The van der Waals surface area contributed by atoms with Crippen LogP contribution in [-0.2, 0) is 19.1 Å². The van der Waals surface area contributed by atoms with Crippen LogP contribution >= 0.6 is 0 Å². The molecule has 0 amide bonds. The number of fused-ring (bicyclic) bond motifs is 2. The highest BCUT2D eigenvalue weighted by atomic mass is 16.5. The van der Waals surface area contributed by atoms with Crippen molar-refractivity contribution in [1.82, 2.24) is 0 Å². The summed E-state index contributed by atoms with van der Waals surface area (Å²) in [5.41, 5.74) is 2.09. The first-order chi connectivity index (χ1) is 12.5. The molecular formula is C22H28O4. The molecule has 1 unspecified atom stereocenters. The third-order valence-corrected chi connectivity index (χ3v) is 5.45. The molecular weight excluding hydrogens is 328 g/mol. The largest absolute Gasteiger partial charge is 0.495 e. The van der Waals surface area contributed by atoms with Gasteiger partial charge in [0.15, 0.2) is 11.5 Å². The molecule has 0 spiro atoms. The normalized spacial score (nSPS) is 25.8. The lowest BCUT2D eigenvalue weighted by Crippen LogP contribution is -2.30. The predicted octanol–water partition coefficient (Wildman–Crippen LogP) is 4.43. The summed E-state index contributed by atoms with van der Waals surface area (Å²) < 4.78 is 11.6. The lowest BCUT2D eigenvalue weighted by molar-refractivity contribution is -0.119. The lowest BCUT2D eigenvalue weighted by Gasteiger charge is -2.32. The van der Waals surface area contributed by atoms with Crippen molar-refractivity contribution in [1.29, 1.82) is 0 Å². The number of unbranched alkanes of at least 4 members (excludes halogenated alkanes) is 2. The van der Waals surface area contributed by atoms with Crippen LogP contribution in [0.2, 0.25) is 0 Å². The maximum Gasteiger partial charge on any atom is 0.224 e. The van der Waals surface area contributed by atoms with E-state index >= 15 is 0 Å². The standard InChI is InChI=1S/C22H28O4/c1-4-5-6-7-15-12-19(23)20-18-13-16(8-9-17(18)14(2)3)25-10-11-26-22(20)21(15)24/h12-13,17-18H,2,4-11H2,1,3H3/t17-,18?/m0/s1. The van der Waals surface area contributed by atoms with Crippen LogP contribution in [0.1, 0.15) is 52.4 Å². The molecule has 0 N–H and O–H groups in total. The van der Waals surface area contributed by atoms with Gasteiger partial charge in [0.25, 0.3) is 0 Å². The van der Waals surface area contributed by atoms with Gasteiger partial charge < -0.3 is 9.47 Å². The number of Topliss-reactive ketones (excluding diaryl/α,β-unsaturated/α-hetero) is 1. The summed E-state index contributed by atoms with van der Waals surface area (Å²) in [6.45, 7) is 8.88. The molecule has 0 saturated heterocycles. The Morgan fingerprint density at radius 3 is 2.73 bits per heavy atom. The van der Waals surface area contributed by atoms with Crippen LogP contribution in [0.15, 0.2) is 47.0 Å². The molecule has 26 heavy (non-hydrogen) atoms. The Kier molecular flexibility index (Phi) is 5.80. The Hall–Kier alpha value is -2.10. The average molecular weight is 356 g/mol. The van der Waals surface area contributed by atoms with Crippen molar-refractivity contribution in [2.45, 2.75) is 52.4 Å². The summed E-state index contributed by atoms with van der Waals surface area (Å²) in [5, 5.41) is 0. The van der Waals surface area contributed by atoms with Gasteiger partial charge in [-0.15, -0.1) is 0 Å². The van der Waals surface area contributed by atoms with Gasteiger partial charge in [0, 0.05) is 17.9 Å². The van der Waals surface area contributed by atoms with Crippen LogP contribution in [0.5, 0.6) is 0 Å². The zero-order chi connectivity index (χ0) is 18.7. The first-order valence-electron chi connectivity index (χ1n) is 9.68. The monoisotopic (exact) mass is 356 g/mol. The number of hydrogen-bond donors (Lipinski definition) is 0. The fourth-order valence-corrected chi connectivity index (χ4v) is 4.04. The third-order valence-electron chi connectivity index (χ3n) is 5.45. The van der Waals surface area contributed by atoms with Crippen LogP contribution in [0.3, 0.4) is 0 Å². The van der Waals surface area contributed by atoms with E-state index in [0.29, 0.717) is 24.2 Å². The number of carbonyl (C=O) groups excluding carboxylic acids is 2. The van der Waals surface area contributed by atoms with Crippen molar-refractivity contribution in [3.05, 3.63) is 47.0 Å². The van der Waals surface area contributed by atoms with Gasteiger partial charge in [-0.3, -0.25) is 9.59 Å². The summed E-state index contributed by atoms with van der Waals surface area (Å²) in [6, 6.07) is 0. The molecule has 140 valence electrons. The van der Waals surface area contributed by atoms with E-state index in [4.69, 9.17) is 9.47 Å². The number of ether oxygens (including phenoxy) is 2. The maximum atomic E-state index is 13.0. The Bertz CT molecular complexity index is 708. The Morgan fingerprint density at radius 2 is 2.00 bits per heavy atom. The third kappa shape index (κ3) is 3.69. The summed E-state index contributed by atoms with van der Waals surface area (Å²) >= 11 is 0. The summed E-state index contributed by atoms with van der Waals surface area (Å²) in [5.74, 6) is 0.835. The van der Waals surface area contributed by atoms with E-state index in [2.05, 4.69) is 13.5 Å². The number of rotatable bonds is 5. The molecule has 2 atom stereocenters. The lowest BCUT2D eigenvalue weighted by atomic mass is 9.72. The number of carbonyl (C=O) groups is 2. The second-order valence-corrected chi connectivity index (χ2v) is 7.41. The van der Waals surface area contributed by atoms with E-state index in [1.54, 1.807) is 0 Å². The molecule has 1 aliphatic heterocycles. The van der Waals surface area contributed by atoms with Crippen molar-refractivity contribution < 1.29 is 19.1 Å². The van der Waals surface area contributed by atoms with Gasteiger partial charge in [-0.1, -0.05) is 31.9 Å². The van der Waals surface area contributed by atoms with E-state index in [0.717, 1.165) is 43.4 Å². The van der Waals surface area contributed by atoms with Crippen LogP contribution < -0.4 is 0 Å². The van der Waals surface area contributed by atoms with Gasteiger partial charge in [-0.05, 0) is 44.3 Å². The molecule has 2 aliphatic carbocycles. The number of hydrogen-bond acceptors (Lipinski definition) is 4. The smallest absolute Gasteiger partial charge is 0.224 e. The molecule has 0 aromatic rings. The minimum absolute atomic E-state index is 0.0956. The van der Waals surface area contributed by atoms with Crippen molar-refractivity contribution >= 4 is 11.6 Å². The van der Waals surface area contributed by atoms with Crippen LogP contribution in [-0.4, -0.2) is 24.8 Å². The predicted molar refractivity (Wildman–Crippen MR) is 100 cm³/mol.